The van der Waals surface area contributed by atoms with Crippen LogP contribution in [0.2, 0.25) is 0 Å². The van der Waals surface area contributed by atoms with Gasteiger partial charge in [-0.25, -0.2) is 0 Å². The molecule has 0 amide bonds. The smallest absolute Gasteiger partial charge is 0.418 e. The van der Waals surface area contributed by atoms with Crippen LogP contribution in [-0.4, -0.2) is 21.8 Å². The molecule has 4 aliphatic carbocycles. The van der Waals surface area contributed by atoms with E-state index in [1.807, 2.05) is 0 Å². The molecule has 2 saturated carbocycles. The summed E-state index contributed by atoms with van der Waals surface area (Å²) in [5.41, 5.74) is 6.59. The molecule has 0 N–H and O–H groups in total. The van der Waals surface area contributed by atoms with Crippen molar-refractivity contribution >= 4 is 21.8 Å². The molecule has 0 aromatic carbocycles. The molecule has 0 heterocycles. The zero-order valence-corrected chi connectivity index (χ0v) is 16.8. The van der Waals surface area contributed by atoms with Crippen LogP contribution in [-0.2, 0) is 19.5 Å². The summed E-state index contributed by atoms with van der Waals surface area (Å²) in [6.07, 6.45) is 17.1. The molecule has 0 nitrogen and oxygen atoms in total. The maximum Gasteiger partial charge on any atom is 3.00 e. The predicted octanol–water partition coefficient (Wildman–Crippen LogP) is 7.97. The van der Waals surface area contributed by atoms with Gasteiger partial charge >= 0.3 is 41.2 Å². The fourth-order valence-electron chi connectivity index (χ4n) is 2.62. The monoisotopic (exact) mass is 548 g/mol. The molecular weight excluding hydrogens is 531 g/mol. The molecule has 0 atom stereocenters. The fraction of sp³-hybridized carbons (Fsp3) is 0.429. The van der Waals surface area contributed by atoms with E-state index >= 15 is 0 Å². The SMILES string of the molecule is C1=C2CCC(=C1)C2.C1=C2CCC(=C1)C2.F[B-](F)(F)F.F[B-](F)(F)F.F[B-](F)(F)F.[Rh+3]. The average molecular weight is 548 g/mol. The van der Waals surface area contributed by atoms with Gasteiger partial charge in [-0.1, -0.05) is 46.6 Å². The van der Waals surface area contributed by atoms with Crippen molar-refractivity contribution in [1.82, 2.24) is 0 Å². The molecule has 0 aliphatic heterocycles. The minimum absolute atomic E-state index is 0. The molecule has 0 aromatic heterocycles. The molecule has 4 rings (SSSR count). The first-order valence-electron chi connectivity index (χ1n) is 8.27. The molecule has 0 unspecified atom stereocenters. The van der Waals surface area contributed by atoms with E-state index in [4.69, 9.17) is 0 Å². The zero-order valence-electron chi connectivity index (χ0n) is 15.2. The minimum atomic E-state index is -6.00. The molecule has 174 valence electrons. The van der Waals surface area contributed by atoms with Gasteiger partial charge in [0.15, 0.2) is 0 Å². The van der Waals surface area contributed by atoms with Crippen LogP contribution in [0.5, 0.6) is 0 Å². The maximum atomic E-state index is 9.75. The van der Waals surface area contributed by atoms with Crippen molar-refractivity contribution in [3.63, 3.8) is 0 Å². The second-order valence-electron chi connectivity index (χ2n) is 6.14. The fourth-order valence-corrected chi connectivity index (χ4v) is 2.62. The first-order chi connectivity index (χ1) is 12.9. The molecular formula is C14H16B3F12Rh. The topological polar surface area (TPSA) is 0 Å². The zero-order chi connectivity index (χ0) is 22.9. The van der Waals surface area contributed by atoms with E-state index in [0.29, 0.717) is 0 Å². The van der Waals surface area contributed by atoms with E-state index in [2.05, 4.69) is 24.3 Å². The molecule has 0 saturated heterocycles. The number of rotatable bonds is 0. The first-order valence-corrected chi connectivity index (χ1v) is 8.27. The van der Waals surface area contributed by atoms with E-state index in [1.165, 1.54) is 38.5 Å². The Morgan fingerprint density at radius 2 is 0.533 bits per heavy atom. The van der Waals surface area contributed by atoms with Crippen LogP contribution in [0.4, 0.5) is 51.8 Å². The molecule has 2 fully saturated rings. The van der Waals surface area contributed by atoms with Gasteiger partial charge in [-0.2, -0.15) is 0 Å². The van der Waals surface area contributed by atoms with Crippen LogP contribution in [0.25, 0.3) is 0 Å². The number of hydrogen-bond acceptors (Lipinski definition) is 0. The van der Waals surface area contributed by atoms with Crippen molar-refractivity contribution in [1.29, 1.82) is 0 Å². The summed E-state index contributed by atoms with van der Waals surface area (Å²) in [5, 5.41) is 0. The summed E-state index contributed by atoms with van der Waals surface area (Å²) in [7, 11) is -18.0. The standard InChI is InChI=1S/2C7H8.3BF4.Rh/c2*1-2-7-4-3-6(1)5-7;3*2-1(3,4)5;/h2*1-2H,3-5H2;;;;/q;;3*-1;+3. The summed E-state index contributed by atoms with van der Waals surface area (Å²) >= 11 is 0. The minimum Gasteiger partial charge on any atom is -0.418 e. The second kappa shape index (κ2) is 13.4. The molecule has 16 heteroatoms. The Bertz CT molecular complexity index is 523. The van der Waals surface area contributed by atoms with Crippen LogP contribution in [0, 0.1) is 0 Å². The number of fused-ring (bicyclic) bond motifs is 4. The second-order valence-corrected chi connectivity index (χ2v) is 6.14. The van der Waals surface area contributed by atoms with Gasteiger partial charge in [-0.05, 0) is 38.5 Å². The quantitative estimate of drug-likeness (QED) is 0.213. The first kappa shape index (κ1) is 31.1. The molecule has 4 bridgehead atoms. The molecule has 0 radical (unpaired) electrons. The number of allylic oxidation sites excluding steroid dienone is 8. The van der Waals surface area contributed by atoms with Crippen molar-refractivity contribution in [2.24, 2.45) is 0 Å². The Kier molecular flexibility index (Phi) is 13.9. The van der Waals surface area contributed by atoms with Crippen molar-refractivity contribution < 1.29 is 71.3 Å². The maximum absolute atomic E-state index is 9.75. The van der Waals surface area contributed by atoms with Gasteiger partial charge in [-0.15, -0.1) is 0 Å². The van der Waals surface area contributed by atoms with Crippen LogP contribution in [0.3, 0.4) is 0 Å². The average Bonchev–Trinajstić information content (AvgIpc) is 3.26. The van der Waals surface area contributed by atoms with E-state index < -0.39 is 21.8 Å². The third kappa shape index (κ3) is 25.0. The Morgan fingerprint density at radius 3 is 0.567 bits per heavy atom. The van der Waals surface area contributed by atoms with Crippen molar-refractivity contribution in [3.8, 4) is 0 Å². The van der Waals surface area contributed by atoms with Crippen molar-refractivity contribution in [2.45, 2.75) is 38.5 Å². The van der Waals surface area contributed by atoms with Gasteiger partial charge in [0.25, 0.3) is 0 Å². The summed E-state index contributed by atoms with van der Waals surface area (Å²) < 4.78 is 117. The van der Waals surface area contributed by atoms with E-state index in [0.717, 1.165) is 0 Å². The van der Waals surface area contributed by atoms with Gasteiger partial charge in [0.05, 0.1) is 0 Å². The van der Waals surface area contributed by atoms with Crippen LogP contribution >= 0.6 is 0 Å². The largest absolute Gasteiger partial charge is 3.00 e. The number of hydrogen-bond donors (Lipinski definition) is 0. The molecule has 30 heavy (non-hydrogen) atoms. The molecule has 0 aromatic rings. The van der Waals surface area contributed by atoms with Gasteiger partial charge in [0.1, 0.15) is 0 Å². The Hall–Kier alpha value is -1.06. The van der Waals surface area contributed by atoms with Gasteiger partial charge < -0.3 is 51.8 Å². The summed E-state index contributed by atoms with van der Waals surface area (Å²) in [5.74, 6) is 0. The van der Waals surface area contributed by atoms with Crippen LogP contribution in [0.15, 0.2) is 46.6 Å². The summed E-state index contributed by atoms with van der Waals surface area (Å²) in [6, 6.07) is 0. The van der Waals surface area contributed by atoms with Crippen molar-refractivity contribution in [2.75, 3.05) is 0 Å². The Labute approximate surface area is 178 Å². The third-order valence-electron chi connectivity index (χ3n) is 3.55. The molecule has 0 spiro atoms. The van der Waals surface area contributed by atoms with Gasteiger partial charge in [0.2, 0.25) is 0 Å². The van der Waals surface area contributed by atoms with E-state index in [1.54, 1.807) is 22.3 Å². The predicted molar refractivity (Wildman–Crippen MR) is 90.6 cm³/mol. The van der Waals surface area contributed by atoms with E-state index in [-0.39, 0.29) is 19.5 Å². The third-order valence-corrected chi connectivity index (χ3v) is 3.55. The van der Waals surface area contributed by atoms with Crippen LogP contribution < -0.4 is 0 Å². The Balaban J connectivity index is 0. The van der Waals surface area contributed by atoms with E-state index in [9.17, 15) is 51.8 Å². The normalized spacial score (nSPS) is 17.7. The van der Waals surface area contributed by atoms with Crippen molar-refractivity contribution in [3.05, 3.63) is 46.6 Å². The van der Waals surface area contributed by atoms with Crippen LogP contribution in [0.1, 0.15) is 38.5 Å². The van der Waals surface area contributed by atoms with Gasteiger partial charge in [0, 0.05) is 0 Å². The summed E-state index contributed by atoms with van der Waals surface area (Å²) in [4.78, 5) is 0. The number of halogens is 12. The van der Waals surface area contributed by atoms with Gasteiger partial charge in [-0.3, -0.25) is 0 Å². The Morgan fingerprint density at radius 1 is 0.400 bits per heavy atom. The molecule has 4 aliphatic rings. The summed E-state index contributed by atoms with van der Waals surface area (Å²) in [6.45, 7) is 0.